The van der Waals surface area contributed by atoms with Crippen molar-refractivity contribution in [3.8, 4) is 0 Å². The number of esters is 1. The monoisotopic (exact) mass is 310 g/mol. The number of carbonyl (C=O) groups is 1. The molecule has 0 bridgehead atoms. The Bertz CT molecular complexity index is 526. The Balaban J connectivity index is 2.55. The largest absolute Gasteiger partial charge is 0.463 e. The molecule has 0 saturated heterocycles. The van der Waals surface area contributed by atoms with Crippen molar-refractivity contribution in [3.63, 3.8) is 0 Å². The van der Waals surface area contributed by atoms with Crippen molar-refractivity contribution >= 4 is 23.7 Å². The summed E-state index contributed by atoms with van der Waals surface area (Å²) in [6, 6.07) is 0. The lowest BCUT2D eigenvalue weighted by molar-refractivity contribution is -0.137. The molecule has 0 amide bonds. The molecule has 0 aromatic carbocycles. The summed E-state index contributed by atoms with van der Waals surface area (Å²) in [4.78, 5) is 10.7. The van der Waals surface area contributed by atoms with E-state index in [1.54, 1.807) is 0 Å². The van der Waals surface area contributed by atoms with Crippen LogP contribution in [0.15, 0.2) is 12.7 Å². The van der Waals surface area contributed by atoms with E-state index in [2.05, 4.69) is 11.3 Å². The first kappa shape index (κ1) is 16.2. The summed E-state index contributed by atoms with van der Waals surface area (Å²) < 4.78 is 52.1. The fourth-order valence-electron chi connectivity index (χ4n) is 1.97. The molecule has 8 heteroatoms. The standard InChI is InChI=1S/C11H18O6S2/c1-2-11(12)17-8-5-9-18(13,14)19(15,16)10-6-3-4-7-10/h2,10H,1,3-9H2. The first-order valence-electron chi connectivity index (χ1n) is 6.07. The summed E-state index contributed by atoms with van der Waals surface area (Å²) in [6.07, 6.45) is 3.24. The number of hydrogen-bond donors (Lipinski definition) is 0. The number of hydrogen-bond acceptors (Lipinski definition) is 6. The number of ether oxygens (including phenoxy) is 1. The van der Waals surface area contributed by atoms with Gasteiger partial charge in [0.05, 0.1) is 17.6 Å². The lowest BCUT2D eigenvalue weighted by Gasteiger charge is -2.11. The van der Waals surface area contributed by atoms with Gasteiger partial charge in [0.1, 0.15) is 0 Å². The Labute approximate surface area is 113 Å². The Morgan fingerprint density at radius 1 is 1.21 bits per heavy atom. The molecule has 0 spiro atoms. The fourth-order valence-corrected chi connectivity index (χ4v) is 6.87. The first-order chi connectivity index (χ1) is 8.81. The van der Waals surface area contributed by atoms with E-state index in [0.29, 0.717) is 12.8 Å². The van der Waals surface area contributed by atoms with Crippen LogP contribution in [-0.2, 0) is 27.3 Å². The van der Waals surface area contributed by atoms with Crippen LogP contribution in [-0.4, -0.2) is 40.4 Å². The van der Waals surface area contributed by atoms with E-state index >= 15 is 0 Å². The topological polar surface area (TPSA) is 94.6 Å². The van der Waals surface area contributed by atoms with Crippen LogP contribution >= 0.6 is 0 Å². The van der Waals surface area contributed by atoms with Crippen molar-refractivity contribution < 1.29 is 26.4 Å². The van der Waals surface area contributed by atoms with Gasteiger partial charge in [0.25, 0.3) is 17.7 Å². The van der Waals surface area contributed by atoms with Crippen LogP contribution in [0.5, 0.6) is 0 Å². The van der Waals surface area contributed by atoms with E-state index in [1.807, 2.05) is 0 Å². The molecule has 19 heavy (non-hydrogen) atoms. The summed E-state index contributed by atoms with van der Waals surface area (Å²) in [6.45, 7) is 3.06. The van der Waals surface area contributed by atoms with Gasteiger partial charge in [0, 0.05) is 6.08 Å². The molecule has 1 saturated carbocycles. The van der Waals surface area contributed by atoms with E-state index in [-0.39, 0.29) is 13.0 Å². The van der Waals surface area contributed by atoms with Gasteiger partial charge in [-0.3, -0.25) is 0 Å². The highest BCUT2D eigenvalue weighted by atomic mass is 33.2. The van der Waals surface area contributed by atoms with E-state index in [9.17, 15) is 21.6 Å². The van der Waals surface area contributed by atoms with Crippen LogP contribution < -0.4 is 0 Å². The van der Waals surface area contributed by atoms with E-state index < -0.39 is 34.7 Å². The normalized spacial score (nSPS) is 17.3. The van der Waals surface area contributed by atoms with Crippen LogP contribution in [0.25, 0.3) is 0 Å². The van der Waals surface area contributed by atoms with E-state index in [1.165, 1.54) is 0 Å². The van der Waals surface area contributed by atoms with Gasteiger partial charge in [-0.25, -0.2) is 21.6 Å². The molecular weight excluding hydrogens is 292 g/mol. The maximum Gasteiger partial charge on any atom is 0.330 e. The molecule has 1 rings (SSSR count). The Morgan fingerprint density at radius 3 is 2.32 bits per heavy atom. The number of carbonyl (C=O) groups excluding carboxylic acids is 1. The summed E-state index contributed by atoms with van der Waals surface area (Å²) in [5, 5.41) is -0.770. The van der Waals surface area contributed by atoms with Crippen LogP contribution in [0.4, 0.5) is 0 Å². The highest BCUT2D eigenvalue weighted by Crippen LogP contribution is 2.28. The number of rotatable bonds is 7. The third kappa shape index (κ3) is 4.04. The van der Waals surface area contributed by atoms with Gasteiger partial charge in [-0.2, -0.15) is 0 Å². The molecule has 0 unspecified atom stereocenters. The van der Waals surface area contributed by atoms with Gasteiger partial charge < -0.3 is 4.74 Å². The third-order valence-electron chi connectivity index (χ3n) is 3.01. The molecule has 1 fully saturated rings. The van der Waals surface area contributed by atoms with Crippen molar-refractivity contribution in [1.29, 1.82) is 0 Å². The van der Waals surface area contributed by atoms with Gasteiger partial charge in [-0.05, 0) is 19.3 Å². The Hall–Kier alpha value is -0.890. The second-order valence-corrected chi connectivity index (χ2v) is 10.5. The maximum absolute atomic E-state index is 11.9. The van der Waals surface area contributed by atoms with Gasteiger partial charge in [0.15, 0.2) is 0 Å². The summed E-state index contributed by atoms with van der Waals surface area (Å²) in [7, 11) is -8.33. The molecule has 6 nitrogen and oxygen atoms in total. The average Bonchev–Trinajstić information content (AvgIpc) is 2.88. The molecule has 0 N–H and O–H groups in total. The predicted molar refractivity (Wildman–Crippen MR) is 70.7 cm³/mol. The zero-order valence-electron chi connectivity index (χ0n) is 10.6. The minimum atomic E-state index is -4.19. The lowest BCUT2D eigenvalue weighted by atomic mass is 10.4. The van der Waals surface area contributed by atoms with Crippen molar-refractivity contribution in [2.75, 3.05) is 12.4 Å². The van der Waals surface area contributed by atoms with Crippen molar-refractivity contribution in [2.24, 2.45) is 0 Å². The average molecular weight is 310 g/mol. The van der Waals surface area contributed by atoms with Crippen LogP contribution in [0, 0.1) is 0 Å². The SMILES string of the molecule is C=CC(=O)OCCCS(=O)(=O)S(=O)(=O)C1CCCC1. The van der Waals surface area contributed by atoms with E-state index in [4.69, 9.17) is 0 Å². The highest BCUT2D eigenvalue weighted by Gasteiger charge is 2.39. The van der Waals surface area contributed by atoms with Crippen molar-refractivity contribution in [1.82, 2.24) is 0 Å². The molecule has 0 aliphatic heterocycles. The van der Waals surface area contributed by atoms with Crippen LogP contribution in [0.3, 0.4) is 0 Å². The zero-order chi connectivity index (χ0) is 14.5. The zero-order valence-corrected chi connectivity index (χ0v) is 12.2. The molecule has 0 heterocycles. The first-order valence-corrected chi connectivity index (χ1v) is 9.78. The van der Waals surface area contributed by atoms with E-state index in [0.717, 1.165) is 18.9 Å². The molecule has 0 atom stereocenters. The van der Waals surface area contributed by atoms with Gasteiger partial charge in [-0.15, -0.1) is 0 Å². The predicted octanol–water partition coefficient (Wildman–Crippen LogP) is 0.793. The molecule has 110 valence electrons. The minimum Gasteiger partial charge on any atom is -0.463 e. The summed E-state index contributed by atoms with van der Waals surface area (Å²) >= 11 is 0. The quantitative estimate of drug-likeness (QED) is 0.299. The lowest BCUT2D eigenvalue weighted by Crippen LogP contribution is -2.29. The molecule has 1 aliphatic carbocycles. The van der Waals surface area contributed by atoms with Crippen LogP contribution in [0.1, 0.15) is 32.1 Å². The van der Waals surface area contributed by atoms with Crippen molar-refractivity contribution in [2.45, 2.75) is 37.4 Å². The maximum atomic E-state index is 11.9. The minimum absolute atomic E-state index is 0.0339. The Kier molecular flexibility index (Phi) is 5.54. The summed E-state index contributed by atoms with van der Waals surface area (Å²) in [5.74, 6) is -1.17. The van der Waals surface area contributed by atoms with Gasteiger partial charge in [-0.1, -0.05) is 19.4 Å². The smallest absolute Gasteiger partial charge is 0.330 e. The summed E-state index contributed by atoms with van der Waals surface area (Å²) in [5.41, 5.74) is 0. The second-order valence-electron chi connectivity index (χ2n) is 4.39. The Morgan fingerprint density at radius 2 is 1.79 bits per heavy atom. The van der Waals surface area contributed by atoms with Gasteiger partial charge in [0.2, 0.25) is 0 Å². The molecular formula is C11H18O6S2. The molecule has 1 aliphatic rings. The molecule has 0 radical (unpaired) electrons. The highest BCUT2D eigenvalue weighted by molar-refractivity contribution is 8.67. The fraction of sp³-hybridized carbons (Fsp3) is 0.727. The second kappa shape index (κ2) is 6.51. The van der Waals surface area contributed by atoms with Crippen molar-refractivity contribution in [3.05, 3.63) is 12.7 Å². The van der Waals surface area contributed by atoms with Gasteiger partial charge >= 0.3 is 5.97 Å². The molecule has 0 aromatic heterocycles. The van der Waals surface area contributed by atoms with Crippen LogP contribution in [0.2, 0.25) is 0 Å². The third-order valence-corrected chi connectivity index (χ3v) is 9.24. The molecule has 0 aromatic rings.